The molecular formula is C34H29N3O8. The summed E-state index contributed by atoms with van der Waals surface area (Å²) < 4.78 is 5.30. The van der Waals surface area contributed by atoms with Gasteiger partial charge in [0, 0.05) is 29.7 Å². The lowest BCUT2D eigenvalue weighted by atomic mass is 9.51. The summed E-state index contributed by atoms with van der Waals surface area (Å²) in [5.74, 6) is -5.03. The zero-order chi connectivity index (χ0) is 31.8. The molecule has 0 radical (unpaired) electrons. The Morgan fingerprint density at radius 2 is 1.58 bits per heavy atom. The van der Waals surface area contributed by atoms with E-state index in [2.05, 4.69) is 0 Å². The summed E-state index contributed by atoms with van der Waals surface area (Å²) in [6.07, 6.45) is 2.29. The number of ether oxygens (including phenoxy) is 1. The summed E-state index contributed by atoms with van der Waals surface area (Å²) >= 11 is 0. The third kappa shape index (κ3) is 3.96. The molecule has 3 aromatic rings. The van der Waals surface area contributed by atoms with Crippen molar-refractivity contribution in [3.05, 3.63) is 100 Å². The Kier molecular flexibility index (Phi) is 6.40. The van der Waals surface area contributed by atoms with Crippen LogP contribution in [0.4, 0.5) is 17.1 Å². The Morgan fingerprint density at radius 1 is 0.889 bits per heavy atom. The average Bonchev–Trinajstić information content (AvgIpc) is 3.41. The first-order chi connectivity index (χ1) is 21.6. The minimum atomic E-state index is -1.29. The second-order valence-corrected chi connectivity index (χ2v) is 12.2. The number of carbonyl (C=O) groups is 4. The van der Waals surface area contributed by atoms with E-state index in [0.29, 0.717) is 17.0 Å². The molecule has 7 rings (SSSR count). The topological polar surface area (TPSA) is 147 Å². The molecule has 1 saturated carbocycles. The number of hydrogen-bond acceptors (Lipinski definition) is 8. The van der Waals surface area contributed by atoms with E-state index in [9.17, 15) is 34.4 Å². The van der Waals surface area contributed by atoms with Crippen molar-refractivity contribution in [3.63, 3.8) is 0 Å². The number of nitro benzene ring substituents is 1. The Bertz CT molecular complexity index is 1820. The fraction of sp³-hybridized carbons (Fsp3) is 0.294. The molecule has 11 nitrogen and oxygen atoms in total. The number of methoxy groups -OCH3 is 1. The van der Waals surface area contributed by atoms with Gasteiger partial charge in [0.2, 0.25) is 23.6 Å². The van der Waals surface area contributed by atoms with E-state index >= 15 is 0 Å². The zero-order valence-electron chi connectivity index (χ0n) is 24.5. The predicted octanol–water partition coefficient (Wildman–Crippen LogP) is 4.74. The van der Waals surface area contributed by atoms with Crippen LogP contribution in [0.5, 0.6) is 11.5 Å². The number of nitro groups is 1. The summed E-state index contributed by atoms with van der Waals surface area (Å²) in [6, 6.07) is 18.8. The number of amides is 4. The van der Waals surface area contributed by atoms with E-state index in [1.807, 2.05) is 6.08 Å². The van der Waals surface area contributed by atoms with Crippen molar-refractivity contribution in [1.29, 1.82) is 0 Å². The number of fused-ring (bicyclic) bond motifs is 4. The number of rotatable bonds is 5. The van der Waals surface area contributed by atoms with Crippen LogP contribution in [0.3, 0.4) is 0 Å². The second kappa shape index (κ2) is 10.1. The fourth-order valence-electron chi connectivity index (χ4n) is 8.05. The Hall–Kier alpha value is -5.32. The van der Waals surface area contributed by atoms with Gasteiger partial charge in [-0.1, -0.05) is 35.9 Å². The van der Waals surface area contributed by atoms with Crippen LogP contribution in [0.15, 0.2) is 84.4 Å². The molecule has 2 saturated heterocycles. The number of para-hydroxylation sites is 1. The second-order valence-electron chi connectivity index (χ2n) is 12.2. The van der Waals surface area contributed by atoms with Crippen LogP contribution in [0.2, 0.25) is 0 Å². The number of allylic oxidation sites excluding steroid dienone is 2. The van der Waals surface area contributed by atoms with Crippen molar-refractivity contribution in [3.8, 4) is 11.5 Å². The van der Waals surface area contributed by atoms with Crippen LogP contribution in [-0.2, 0) is 19.2 Å². The van der Waals surface area contributed by atoms with Crippen molar-refractivity contribution in [2.75, 3.05) is 16.9 Å². The molecule has 4 aliphatic rings. The molecular weight excluding hydrogens is 578 g/mol. The summed E-state index contributed by atoms with van der Waals surface area (Å²) in [5.41, 5.74) is 0.375. The zero-order valence-corrected chi connectivity index (χ0v) is 24.5. The van der Waals surface area contributed by atoms with E-state index < -0.39 is 63.6 Å². The summed E-state index contributed by atoms with van der Waals surface area (Å²) in [4.78, 5) is 69.4. The number of aromatic hydroxyl groups is 1. The van der Waals surface area contributed by atoms with Gasteiger partial charge in [-0.25, -0.2) is 4.90 Å². The molecule has 0 bridgehead atoms. The number of anilines is 2. The molecule has 1 N–H and O–H groups in total. The van der Waals surface area contributed by atoms with Crippen molar-refractivity contribution in [2.24, 2.45) is 29.1 Å². The van der Waals surface area contributed by atoms with Crippen molar-refractivity contribution in [1.82, 2.24) is 0 Å². The van der Waals surface area contributed by atoms with Crippen LogP contribution in [-0.4, -0.2) is 40.8 Å². The third-order valence-corrected chi connectivity index (χ3v) is 10.2. The lowest BCUT2D eigenvalue weighted by Gasteiger charge is -2.49. The van der Waals surface area contributed by atoms with Gasteiger partial charge >= 0.3 is 0 Å². The summed E-state index contributed by atoms with van der Waals surface area (Å²) in [7, 11) is 1.47. The fourth-order valence-corrected chi connectivity index (χ4v) is 8.05. The van der Waals surface area contributed by atoms with Gasteiger partial charge in [0.25, 0.3) is 5.69 Å². The highest BCUT2D eigenvalue weighted by molar-refractivity contribution is 6.25. The average molecular weight is 608 g/mol. The minimum Gasteiger partial charge on any atom is -0.508 e. The third-order valence-electron chi connectivity index (χ3n) is 10.2. The van der Waals surface area contributed by atoms with Crippen molar-refractivity contribution in [2.45, 2.75) is 25.7 Å². The van der Waals surface area contributed by atoms with Crippen molar-refractivity contribution < 1.29 is 33.9 Å². The standard InChI is InChI=1S/C34H29N3O8/c1-34-26(31(40)36(33(34)42)18-6-4-3-5-7-18)17-25-22(29(34)23-13-12-21(45-2)16-27(23)38)14-15-24-28(25)32(41)35(30(24)39)19-8-10-20(11-9-19)37(43)44/h3-14,16,24-26,28-29,38H,15,17H2,1-2H3/t24-,25+,26-,28-,29+,34+/m0/s1. The van der Waals surface area contributed by atoms with Crippen LogP contribution in [0.25, 0.3) is 0 Å². The van der Waals surface area contributed by atoms with Gasteiger partial charge in [-0.15, -0.1) is 0 Å². The van der Waals surface area contributed by atoms with Crippen LogP contribution in [0, 0.1) is 39.2 Å². The maximum Gasteiger partial charge on any atom is 0.269 e. The highest BCUT2D eigenvalue weighted by Crippen LogP contribution is 2.64. The first-order valence-electron chi connectivity index (χ1n) is 14.7. The number of non-ortho nitro benzene ring substituents is 1. The van der Waals surface area contributed by atoms with Gasteiger partial charge in [-0.3, -0.25) is 34.2 Å². The predicted molar refractivity (Wildman–Crippen MR) is 161 cm³/mol. The van der Waals surface area contributed by atoms with E-state index in [4.69, 9.17) is 4.74 Å². The molecule has 0 aromatic heterocycles. The number of imide groups is 2. The largest absolute Gasteiger partial charge is 0.508 e. The molecule has 3 fully saturated rings. The molecule has 4 amide bonds. The molecule has 11 heteroatoms. The van der Waals surface area contributed by atoms with Gasteiger partial charge in [0.15, 0.2) is 0 Å². The number of hydrogen-bond donors (Lipinski definition) is 1. The van der Waals surface area contributed by atoms with Gasteiger partial charge in [0.05, 0.1) is 46.6 Å². The first kappa shape index (κ1) is 28.5. The quantitative estimate of drug-likeness (QED) is 0.189. The highest BCUT2D eigenvalue weighted by atomic mass is 16.6. The Balaban J connectivity index is 1.35. The monoisotopic (exact) mass is 607 g/mol. The highest BCUT2D eigenvalue weighted by Gasteiger charge is 2.68. The molecule has 2 aliphatic carbocycles. The minimum absolute atomic E-state index is 0.109. The molecule has 0 spiro atoms. The summed E-state index contributed by atoms with van der Waals surface area (Å²) in [6.45, 7) is 1.75. The smallest absolute Gasteiger partial charge is 0.269 e. The van der Waals surface area contributed by atoms with E-state index in [-0.39, 0.29) is 30.0 Å². The Labute approximate surface area is 257 Å². The molecule has 2 aliphatic heterocycles. The SMILES string of the molecule is COc1ccc([C@H]2C3=CC[C@@H]4C(=O)N(c5ccc([N+](=O)[O-])cc5)C(=O)[C@@H]4[C@@H]3C[C@H]3C(=O)N(c4ccccc4)C(=O)[C@@]23C)c(O)c1. The number of phenols is 1. The van der Waals surface area contributed by atoms with E-state index in [0.717, 1.165) is 10.5 Å². The lowest BCUT2D eigenvalue weighted by molar-refractivity contribution is -0.384. The number of nitrogens with zero attached hydrogens (tertiary/aromatic N) is 3. The molecule has 228 valence electrons. The molecule has 45 heavy (non-hydrogen) atoms. The maximum absolute atomic E-state index is 14.4. The lowest BCUT2D eigenvalue weighted by Crippen LogP contribution is -2.48. The summed E-state index contributed by atoms with van der Waals surface area (Å²) in [5, 5.41) is 22.5. The van der Waals surface area contributed by atoms with Gasteiger partial charge in [-0.2, -0.15) is 0 Å². The normalized spacial score (nSPS) is 28.8. The molecule has 2 heterocycles. The first-order valence-corrected chi connectivity index (χ1v) is 14.7. The number of benzene rings is 3. The maximum atomic E-state index is 14.4. The van der Waals surface area contributed by atoms with Crippen molar-refractivity contribution >= 4 is 40.7 Å². The Morgan fingerprint density at radius 3 is 2.22 bits per heavy atom. The molecule has 0 unspecified atom stereocenters. The molecule has 6 atom stereocenters. The van der Waals surface area contributed by atoms with Crippen LogP contribution < -0.4 is 14.5 Å². The van der Waals surface area contributed by atoms with Gasteiger partial charge < -0.3 is 9.84 Å². The van der Waals surface area contributed by atoms with Gasteiger partial charge in [0.1, 0.15) is 11.5 Å². The number of phenolic OH excluding ortho intramolecular Hbond substituents is 1. The number of carbonyl (C=O) groups excluding carboxylic acids is 4. The van der Waals surface area contributed by atoms with Crippen LogP contribution >= 0.6 is 0 Å². The van der Waals surface area contributed by atoms with Crippen LogP contribution in [0.1, 0.15) is 31.2 Å². The van der Waals surface area contributed by atoms with E-state index in [1.165, 1.54) is 42.3 Å². The van der Waals surface area contributed by atoms with Gasteiger partial charge in [-0.05, 0) is 56.0 Å². The molecule has 3 aromatic carbocycles. The van der Waals surface area contributed by atoms with E-state index in [1.54, 1.807) is 49.4 Å².